The highest BCUT2D eigenvalue weighted by Gasteiger charge is 2.13. The van der Waals surface area contributed by atoms with Crippen molar-refractivity contribution in [3.8, 4) is 10.7 Å². The second-order valence-corrected chi connectivity index (χ2v) is 5.45. The molecule has 6 heteroatoms. The number of pyridine rings is 1. The molecule has 3 aromatic rings. The van der Waals surface area contributed by atoms with Crippen molar-refractivity contribution in [1.82, 2.24) is 9.97 Å². The van der Waals surface area contributed by atoms with Gasteiger partial charge in [0.2, 0.25) is 0 Å². The zero-order valence-corrected chi connectivity index (χ0v) is 12.4. The summed E-state index contributed by atoms with van der Waals surface area (Å²) < 4.78 is 0. The van der Waals surface area contributed by atoms with Gasteiger partial charge in [-0.3, -0.25) is 9.78 Å². The average molecular weight is 316 g/mol. The van der Waals surface area contributed by atoms with Gasteiger partial charge in [0.25, 0.3) is 5.91 Å². The van der Waals surface area contributed by atoms with E-state index >= 15 is 0 Å². The van der Waals surface area contributed by atoms with Crippen LogP contribution in [0.5, 0.6) is 0 Å². The molecule has 0 bridgehead atoms. The Bertz CT molecular complexity index is 773. The minimum absolute atomic E-state index is 0.290. The Morgan fingerprint density at radius 3 is 2.71 bits per heavy atom. The third kappa shape index (κ3) is 3.09. The van der Waals surface area contributed by atoms with Gasteiger partial charge in [-0.15, -0.1) is 11.3 Å². The summed E-state index contributed by atoms with van der Waals surface area (Å²) in [6.07, 6.45) is 1.69. The summed E-state index contributed by atoms with van der Waals surface area (Å²) in [5, 5.41) is 5.65. The summed E-state index contributed by atoms with van der Waals surface area (Å²) >= 11 is 7.39. The topological polar surface area (TPSA) is 54.9 Å². The summed E-state index contributed by atoms with van der Waals surface area (Å²) in [7, 11) is 0. The number of thiazole rings is 1. The van der Waals surface area contributed by atoms with E-state index in [2.05, 4.69) is 15.3 Å². The van der Waals surface area contributed by atoms with Gasteiger partial charge in [0, 0.05) is 11.6 Å². The van der Waals surface area contributed by atoms with E-state index < -0.39 is 0 Å². The predicted octanol–water partition coefficient (Wildman–Crippen LogP) is 4.11. The molecule has 0 aliphatic heterocycles. The van der Waals surface area contributed by atoms with Crippen molar-refractivity contribution in [3.05, 3.63) is 64.8 Å². The number of benzene rings is 1. The molecule has 2 heterocycles. The van der Waals surface area contributed by atoms with Crippen LogP contribution in [0, 0.1) is 0 Å². The Kier molecular flexibility index (Phi) is 3.94. The molecule has 0 unspecified atom stereocenters. The van der Waals surface area contributed by atoms with Crippen LogP contribution in [0.3, 0.4) is 0 Å². The van der Waals surface area contributed by atoms with Crippen LogP contribution in [0.4, 0.5) is 5.69 Å². The van der Waals surface area contributed by atoms with Gasteiger partial charge in [0.15, 0.2) is 0 Å². The molecular weight excluding hydrogens is 306 g/mol. The molecule has 2 aromatic heterocycles. The van der Waals surface area contributed by atoms with Crippen molar-refractivity contribution in [3.63, 3.8) is 0 Å². The third-order valence-corrected chi connectivity index (χ3v) is 3.94. The molecule has 0 radical (unpaired) electrons. The van der Waals surface area contributed by atoms with Gasteiger partial charge in [-0.2, -0.15) is 0 Å². The minimum Gasteiger partial charge on any atom is -0.319 e. The van der Waals surface area contributed by atoms with Gasteiger partial charge in [0.1, 0.15) is 10.7 Å². The highest BCUT2D eigenvalue weighted by atomic mass is 35.5. The molecule has 21 heavy (non-hydrogen) atoms. The molecule has 0 saturated carbocycles. The number of rotatable bonds is 3. The molecule has 1 aromatic carbocycles. The van der Waals surface area contributed by atoms with Crippen molar-refractivity contribution < 1.29 is 4.79 Å². The van der Waals surface area contributed by atoms with Crippen LogP contribution < -0.4 is 5.32 Å². The van der Waals surface area contributed by atoms with Gasteiger partial charge in [-0.05, 0) is 24.3 Å². The van der Waals surface area contributed by atoms with Gasteiger partial charge in [-0.1, -0.05) is 29.8 Å². The molecule has 1 N–H and O–H groups in total. The van der Waals surface area contributed by atoms with E-state index in [1.54, 1.807) is 29.8 Å². The standard InChI is InChI=1S/C15H10ClN3OS/c16-10-5-1-2-6-11(10)18-14(20)13-9-21-15(19-13)12-7-3-4-8-17-12/h1-9H,(H,18,20). The number of carbonyl (C=O) groups is 1. The monoisotopic (exact) mass is 315 g/mol. The maximum absolute atomic E-state index is 12.2. The Hall–Kier alpha value is -2.24. The number of hydrogen-bond acceptors (Lipinski definition) is 4. The number of aromatic nitrogens is 2. The Morgan fingerprint density at radius 1 is 1.14 bits per heavy atom. The Balaban J connectivity index is 1.80. The zero-order valence-electron chi connectivity index (χ0n) is 10.8. The molecular formula is C15H10ClN3OS. The second kappa shape index (κ2) is 6.03. The number of amides is 1. The molecule has 0 spiro atoms. The van der Waals surface area contributed by atoms with E-state index in [4.69, 9.17) is 11.6 Å². The highest BCUT2D eigenvalue weighted by molar-refractivity contribution is 7.13. The summed E-state index contributed by atoms with van der Waals surface area (Å²) in [5.74, 6) is -0.290. The normalized spacial score (nSPS) is 10.3. The fourth-order valence-corrected chi connectivity index (χ4v) is 2.69. The van der Waals surface area contributed by atoms with Crippen molar-refractivity contribution in [2.45, 2.75) is 0 Å². The van der Waals surface area contributed by atoms with Gasteiger partial charge < -0.3 is 5.32 Å². The fourth-order valence-electron chi connectivity index (χ4n) is 1.73. The van der Waals surface area contributed by atoms with Crippen LogP contribution in [-0.2, 0) is 0 Å². The summed E-state index contributed by atoms with van der Waals surface area (Å²) in [5.41, 5.74) is 1.66. The van der Waals surface area contributed by atoms with Crippen LogP contribution in [0.2, 0.25) is 5.02 Å². The number of carbonyl (C=O) groups excluding carboxylic acids is 1. The van der Waals surface area contributed by atoms with Gasteiger partial charge in [0.05, 0.1) is 16.4 Å². The number of anilines is 1. The molecule has 0 aliphatic rings. The van der Waals surface area contributed by atoms with Crippen molar-refractivity contribution in [2.75, 3.05) is 5.32 Å². The number of nitrogens with one attached hydrogen (secondary N) is 1. The number of halogens is 1. The molecule has 1 amide bonds. The first kappa shape index (κ1) is 13.7. The van der Waals surface area contributed by atoms with Gasteiger partial charge in [-0.25, -0.2) is 4.98 Å². The first-order valence-electron chi connectivity index (χ1n) is 6.17. The SMILES string of the molecule is O=C(Nc1ccccc1Cl)c1csc(-c2ccccn2)n1. The molecule has 0 saturated heterocycles. The minimum atomic E-state index is -0.290. The quantitative estimate of drug-likeness (QED) is 0.791. The lowest BCUT2D eigenvalue weighted by Gasteiger charge is -2.04. The summed E-state index contributed by atoms with van der Waals surface area (Å²) in [4.78, 5) is 20.7. The van der Waals surface area contributed by atoms with Crippen LogP contribution in [-0.4, -0.2) is 15.9 Å². The maximum atomic E-state index is 12.2. The maximum Gasteiger partial charge on any atom is 0.275 e. The molecule has 0 aliphatic carbocycles. The van der Waals surface area contributed by atoms with E-state index in [0.29, 0.717) is 21.4 Å². The number of para-hydroxylation sites is 1. The lowest BCUT2D eigenvalue weighted by Crippen LogP contribution is -2.12. The van der Waals surface area contributed by atoms with Crippen molar-refractivity contribution in [1.29, 1.82) is 0 Å². The summed E-state index contributed by atoms with van der Waals surface area (Å²) in [6, 6.07) is 12.6. The van der Waals surface area contributed by atoms with E-state index in [1.807, 2.05) is 24.3 Å². The molecule has 0 atom stereocenters. The van der Waals surface area contributed by atoms with Crippen molar-refractivity contribution >= 4 is 34.5 Å². The molecule has 3 rings (SSSR count). The van der Waals surface area contributed by atoms with Crippen LogP contribution in [0.25, 0.3) is 10.7 Å². The molecule has 104 valence electrons. The van der Waals surface area contributed by atoms with E-state index in [1.165, 1.54) is 11.3 Å². The van der Waals surface area contributed by atoms with Crippen LogP contribution in [0.15, 0.2) is 54.0 Å². The largest absolute Gasteiger partial charge is 0.319 e. The lowest BCUT2D eigenvalue weighted by molar-refractivity contribution is 0.102. The first-order valence-corrected chi connectivity index (χ1v) is 7.42. The Labute approximate surface area is 130 Å². The third-order valence-electron chi connectivity index (χ3n) is 2.74. The van der Waals surface area contributed by atoms with Gasteiger partial charge >= 0.3 is 0 Å². The molecule has 4 nitrogen and oxygen atoms in total. The lowest BCUT2D eigenvalue weighted by atomic mass is 10.3. The summed E-state index contributed by atoms with van der Waals surface area (Å²) in [6.45, 7) is 0. The van der Waals surface area contributed by atoms with E-state index in [0.717, 1.165) is 5.69 Å². The average Bonchev–Trinajstić information content (AvgIpc) is 3.00. The van der Waals surface area contributed by atoms with Crippen LogP contribution >= 0.6 is 22.9 Å². The van der Waals surface area contributed by atoms with E-state index in [-0.39, 0.29) is 5.91 Å². The number of nitrogens with zero attached hydrogens (tertiary/aromatic N) is 2. The zero-order chi connectivity index (χ0) is 14.7. The van der Waals surface area contributed by atoms with Crippen molar-refractivity contribution in [2.24, 2.45) is 0 Å². The van der Waals surface area contributed by atoms with Crippen LogP contribution in [0.1, 0.15) is 10.5 Å². The highest BCUT2D eigenvalue weighted by Crippen LogP contribution is 2.24. The first-order chi connectivity index (χ1) is 10.2. The number of hydrogen-bond donors (Lipinski definition) is 1. The second-order valence-electron chi connectivity index (χ2n) is 4.19. The predicted molar refractivity (Wildman–Crippen MR) is 84.8 cm³/mol. The smallest absolute Gasteiger partial charge is 0.275 e. The molecule has 0 fully saturated rings. The fraction of sp³-hybridized carbons (Fsp3) is 0. The Morgan fingerprint density at radius 2 is 1.95 bits per heavy atom. The van der Waals surface area contributed by atoms with E-state index in [9.17, 15) is 4.79 Å².